The highest BCUT2D eigenvalue weighted by Gasteiger charge is 2.20. The highest BCUT2D eigenvalue weighted by Crippen LogP contribution is 2.32. The molecule has 1 heterocycles. The fourth-order valence-electron chi connectivity index (χ4n) is 1.71. The Balaban J connectivity index is 1.87. The molecule has 1 N–H and O–H groups in total. The molecule has 18 heavy (non-hydrogen) atoms. The van der Waals surface area contributed by atoms with Gasteiger partial charge in [0.25, 0.3) is 0 Å². The SMILES string of the molecule is CC(C)NCc1nc(OCCC2CC2)ccc1Cl. The van der Waals surface area contributed by atoms with E-state index in [-0.39, 0.29) is 0 Å². The minimum Gasteiger partial charge on any atom is -0.478 e. The lowest BCUT2D eigenvalue weighted by molar-refractivity contribution is 0.290. The number of halogens is 1. The summed E-state index contributed by atoms with van der Waals surface area (Å²) in [6, 6.07) is 4.12. The van der Waals surface area contributed by atoms with E-state index in [1.54, 1.807) is 0 Å². The van der Waals surface area contributed by atoms with Gasteiger partial charge in [-0.2, -0.15) is 0 Å². The van der Waals surface area contributed by atoms with Gasteiger partial charge in [0.15, 0.2) is 0 Å². The average Bonchev–Trinajstić information content (AvgIpc) is 3.13. The molecule has 0 saturated heterocycles. The summed E-state index contributed by atoms with van der Waals surface area (Å²) < 4.78 is 5.66. The van der Waals surface area contributed by atoms with Gasteiger partial charge in [0.05, 0.1) is 17.3 Å². The van der Waals surface area contributed by atoms with E-state index < -0.39 is 0 Å². The maximum Gasteiger partial charge on any atom is 0.213 e. The first-order chi connectivity index (χ1) is 8.65. The summed E-state index contributed by atoms with van der Waals surface area (Å²) in [6.07, 6.45) is 3.87. The number of aromatic nitrogens is 1. The van der Waals surface area contributed by atoms with Crippen LogP contribution < -0.4 is 10.1 Å². The standard InChI is InChI=1S/C14H21ClN2O/c1-10(2)16-9-13-12(15)5-6-14(17-13)18-8-7-11-3-4-11/h5-6,10-11,16H,3-4,7-9H2,1-2H3. The fraction of sp³-hybridized carbons (Fsp3) is 0.643. The Hall–Kier alpha value is -0.800. The number of rotatable bonds is 7. The first kappa shape index (κ1) is 13.6. The highest BCUT2D eigenvalue weighted by atomic mass is 35.5. The molecule has 0 unspecified atom stereocenters. The molecule has 3 nitrogen and oxygen atoms in total. The summed E-state index contributed by atoms with van der Waals surface area (Å²) in [5, 5.41) is 4.00. The van der Waals surface area contributed by atoms with Crippen molar-refractivity contribution in [2.75, 3.05) is 6.61 Å². The van der Waals surface area contributed by atoms with Gasteiger partial charge in [-0.25, -0.2) is 4.98 Å². The molecular weight excluding hydrogens is 248 g/mol. The lowest BCUT2D eigenvalue weighted by atomic mass is 10.3. The highest BCUT2D eigenvalue weighted by molar-refractivity contribution is 6.31. The molecule has 4 heteroatoms. The predicted molar refractivity (Wildman–Crippen MR) is 74.1 cm³/mol. The second-order valence-electron chi connectivity index (χ2n) is 5.19. The van der Waals surface area contributed by atoms with Gasteiger partial charge < -0.3 is 10.1 Å². The zero-order chi connectivity index (χ0) is 13.0. The molecule has 0 aliphatic heterocycles. The van der Waals surface area contributed by atoms with Crippen LogP contribution in [0.1, 0.15) is 38.8 Å². The molecule has 0 spiro atoms. The smallest absolute Gasteiger partial charge is 0.213 e. The van der Waals surface area contributed by atoms with E-state index in [2.05, 4.69) is 24.1 Å². The van der Waals surface area contributed by atoms with Crippen LogP contribution in [0, 0.1) is 5.92 Å². The zero-order valence-electron chi connectivity index (χ0n) is 11.1. The van der Waals surface area contributed by atoms with Crippen molar-refractivity contribution in [1.29, 1.82) is 0 Å². The van der Waals surface area contributed by atoms with Crippen molar-refractivity contribution in [3.05, 3.63) is 22.8 Å². The lowest BCUT2D eigenvalue weighted by Gasteiger charge is -2.11. The van der Waals surface area contributed by atoms with Crippen LogP contribution in [0.5, 0.6) is 5.88 Å². The minimum absolute atomic E-state index is 0.419. The number of hydrogen-bond donors (Lipinski definition) is 1. The molecule has 1 fully saturated rings. The van der Waals surface area contributed by atoms with Crippen molar-refractivity contribution < 1.29 is 4.74 Å². The molecule has 0 amide bonds. The zero-order valence-corrected chi connectivity index (χ0v) is 11.8. The molecule has 2 rings (SSSR count). The van der Waals surface area contributed by atoms with E-state index in [0.29, 0.717) is 23.5 Å². The van der Waals surface area contributed by atoms with Crippen molar-refractivity contribution >= 4 is 11.6 Å². The largest absolute Gasteiger partial charge is 0.478 e. The molecule has 1 saturated carbocycles. The van der Waals surface area contributed by atoms with Crippen molar-refractivity contribution in [2.45, 2.75) is 45.7 Å². The number of ether oxygens (including phenoxy) is 1. The molecule has 0 aromatic carbocycles. The topological polar surface area (TPSA) is 34.2 Å². The quantitative estimate of drug-likeness (QED) is 0.823. The predicted octanol–water partition coefficient (Wildman–Crippen LogP) is 3.41. The van der Waals surface area contributed by atoms with Crippen LogP contribution in [0.15, 0.2) is 12.1 Å². The van der Waals surface area contributed by atoms with E-state index in [4.69, 9.17) is 16.3 Å². The Kier molecular flexibility index (Phi) is 4.84. The minimum atomic E-state index is 0.419. The third-order valence-electron chi connectivity index (χ3n) is 3.04. The maximum absolute atomic E-state index is 6.12. The van der Waals surface area contributed by atoms with Crippen LogP contribution in [-0.2, 0) is 6.54 Å². The van der Waals surface area contributed by atoms with E-state index in [9.17, 15) is 0 Å². The summed E-state index contributed by atoms with van der Waals surface area (Å²) in [5.41, 5.74) is 0.856. The average molecular weight is 269 g/mol. The van der Waals surface area contributed by atoms with Crippen molar-refractivity contribution in [2.24, 2.45) is 5.92 Å². The van der Waals surface area contributed by atoms with Crippen LogP contribution in [0.25, 0.3) is 0 Å². The van der Waals surface area contributed by atoms with Crippen molar-refractivity contribution in [3.63, 3.8) is 0 Å². The van der Waals surface area contributed by atoms with Gasteiger partial charge in [0.1, 0.15) is 0 Å². The Morgan fingerprint density at radius 3 is 2.89 bits per heavy atom. The molecule has 0 atom stereocenters. The summed E-state index contributed by atoms with van der Waals surface area (Å²) in [6.45, 7) is 5.64. The molecule has 1 aromatic heterocycles. The maximum atomic E-state index is 6.12. The van der Waals surface area contributed by atoms with Gasteiger partial charge in [-0.05, 0) is 18.4 Å². The van der Waals surface area contributed by atoms with E-state index in [0.717, 1.165) is 24.6 Å². The Bertz CT molecular complexity index is 391. The Morgan fingerprint density at radius 2 is 2.22 bits per heavy atom. The first-order valence-corrected chi connectivity index (χ1v) is 7.04. The van der Waals surface area contributed by atoms with Crippen molar-refractivity contribution in [3.8, 4) is 5.88 Å². The molecule has 100 valence electrons. The van der Waals surface area contributed by atoms with E-state index in [1.165, 1.54) is 12.8 Å². The molecule has 0 radical (unpaired) electrons. The van der Waals surface area contributed by atoms with Gasteiger partial charge in [-0.3, -0.25) is 0 Å². The summed E-state index contributed by atoms with van der Waals surface area (Å²) in [5.74, 6) is 1.57. The molecule has 0 bridgehead atoms. The number of pyridine rings is 1. The van der Waals surface area contributed by atoms with Crippen LogP contribution in [0.3, 0.4) is 0 Å². The van der Waals surface area contributed by atoms with Crippen LogP contribution >= 0.6 is 11.6 Å². The first-order valence-electron chi connectivity index (χ1n) is 6.66. The van der Waals surface area contributed by atoms with Gasteiger partial charge >= 0.3 is 0 Å². The van der Waals surface area contributed by atoms with Gasteiger partial charge in [-0.1, -0.05) is 38.3 Å². The Labute approximate surface area is 114 Å². The van der Waals surface area contributed by atoms with Gasteiger partial charge in [-0.15, -0.1) is 0 Å². The van der Waals surface area contributed by atoms with Crippen LogP contribution in [-0.4, -0.2) is 17.6 Å². The van der Waals surface area contributed by atoms with Gasteiger partial charge in [0, 0.05) is 18.7 Å². The normalized spacial score (nSPS) is 15.1. The summed E-state index contributed by atoms with van der Waals surface area (Å²) >= 11 is 6.12. The number of nitrogens with one attached hydrogen (secondary N) is 1. The summed E-state index contributed by atoms with van der Waals surface area (Å²) in [4.78, 5) is 4.44. The van der Waals surface area contributed by atoms with Crippen LogP contribution in [0.2, 0.25) is 5.02 Å². The molecular formula is C14H21ClN2O. The lowest BCUT2D eigenvalue weighted by Crippen LogP contribution is -2.22. The second kappa shape index (κ2) is 6.39. The number of nitrogens with zero attached hydrogens (tertiary/aromatic N) is 1. The molecule has 1 aliphatic carbocycles. The molecule has 1 aromatic rings. The number of hydrogen-bond acceptors (Lipinski definition) is 3. The monoisotopic (exact) mass is 268 g/mol. The summed E-state index contributed by atoms with van der Waals surface area (Å²) in [7, 11) is 0. The van der Waals surface area contributed by atoms with E-state index >= 15 is 0 Å². The fourth-order valence-corrected chi connectivity index (χ4v) is 1.88. The van der Waals surface area contributed by atoms with Crippen molar-refractivity contribution in [1.82, 2.24) is 10.3 Å². The Morgan fingerprint density at radius 1 is 1.44 bits per heavy atom. The molecule has 1 aliphatic rings. The third kappa shape index (κ3) is 4.46. The van der Waals surface area contributed by atoms with Gasteiger partial charge in [0.2, 0.25) is 5.88 Å². The van der Waals surface area contributed by atoms with E-state index in [1.807, 2.05) is 12.1 Å². The van der Waals surface area contributed by atoms with Crippen LogP contribution in [0.4, 0.5) is 0 Å². The third-order valence-corrected chi connectivity index (χ3v) is 3.39. The second-order valence-corrected chi connectivity index (χ2v) is 5.60.